The van der Waals surface area contributed by atoms with E-state index in [2.05, 4.69) is 15.6 Å². The SMILES string of the molecule is CSC1(C)NC(C(F)(F)F)=CC(=NC2CCC(F)(F)C2)N1. The van der Waals surface area contributed by atoms with Gasteiger partial charge in [0.25, 0.3) is 0 Å². The molecule has 21 heavy (non-hydrogen) atoms. The van der Waals surface area contributed by atoms with Crippen molar-refractivity contribution in [1.29, 1.82) is 0 Å². The summed E-state index contributed by atoms with van der Waals surface area (Å²) in [5, 5.41) is 5.17. The predicted octanol–water partition coefficient (Wildman–Crippen LogP) is 3.25. The Labute approximate surface area is 123 Å². The largest absolute Gasteiger partial charge is 0.431 e. The van der Waals surface area contributed by atoms with Gasteiger partial charge >= 0.3 is 6.18 Å². The number of rotatable bonds is 2. The Balaban J connectivity index is 2.25. The number of hydrogen-bond acceptors (Lipinski definition) is 3. The maximum Gasteiger partial charge on any atom is 0.431 e. The highest BCUT2D eigenvalue weighted by molar-refractivity contribution is 7.99. The van der Waals surface area contributed by atoms with Crippen LogP contribution in [-0.4, -0.2) is 35.2 Å². The Morgan fingerprint density at radius 1 is 1.33 bits per heavy atom. The van der Waals surface area contributed by atoms with E-state index in [0.717, 1.165) is 17.8 Å². The van der Waals surface area contributed by atoms with Crippen LogP contribution in [0.1, 0.15) is 26.2 Å². The first-order valence-electron chi connectivity index (χ1n) is 6.39. The highest BCUT2D eigenvalue weighted by Gasteiger charge is 2.43. The fourth-order valence-electron chi connectivity index (χ4n) is 2.30. The summed E-state index contributed by atoms with van der Waals surface area (Å²) in [4.78, 5) is 2.95. The van der Waals surface area contributed by atoms with E-state index in [9.17, 15) is 22.0 Å². The van der Waals surface area contributed by atoms with Crippen molar-refractivity contribution in [1.82, 2.24) is 10.6 Å². The molecule has 2 aliphatic rings. The highest BCUT2D eigenvalue weighted by atomic mass is 32.2. The quantitative estimate of drug-likeness (QED) is 0.764. The van der Waals surface area contributed by atoms with Crippen molar-refractivity contribution in [2.24, 2.45) is 4.99 Å². The third-order valence-corrected chi connectivity index (χ3v) is 4.45. The Morgan fingerprint density at radius 2 is 2.00 bits per heavy atom. The van der Waals surface area contributed by atoms with Crippen molar-refractivity contribution in [3.8, 4) is 0 Å². The molecule has 2 rings (SSSR count). The molecule has 2 N–H and O–H groups in total. The van der Waals surface area contributed by atoms with Crippen LogP contribution in [0.15, 0.2) is 16.8 Å². The van der Waals surface area contributed by atoms with Gasteiger partial charge in [0.2, 0.25) is 5.92 Å². The van der Waals surface area contributed by atoms with Gasteiger partial charge in [-0.15, -0.1) is 11.8 Å². The molecule has 0 amide bonds. The summed E-state index contributed by atoms with van der Waals surface area (Å²) < 4.78 is 64.9. The van der Waals surface area contributed by atoms with E-state index >= 15 is 0 Å². The van der Waals surface area contributed by atoms with Crippen molar-refractivity contribution < 1.29 is 22.0 Å². The zero-order chi connectivity index (χ0) is 15.9. The Morgan fingerprint density at radius 3 is 2.48 bits per heavy atom. The molecule has 0 aromatic heterocycles. The van der Waals surface area contributed by atoms with Crippen LogP contribution >= 0.6 is 11.8 Å². The molecule has 1 fully saturated rings. The first-order valence-corrected chi connectivity index (χ1v) is 7.61. The fraction of sp³-hybridized carbons (Fsp3) is 0.750. The maximum absolute atomic E-state index is 13.1. The smallest absolute Gasteiger partial charge is 0.350 e. The zero-order valence-corrected chi connectivity index (χ0v) is 12.3. The third kappa shape index (κ3) is 4.02. The van der Waals surface area contributed by atoms with Crippen LogP contribution in [0.25, 0.3) is 0 Å². The van der Waals surface area contributed by atoms with Crippen LogP contribution in [0, 0.1) is 0 Å². The number of alkyl halides is 5. The molecule has 9 heteroatoms. The zero-order valence-electron chi connectivity index (χ0n) is 11.5. The summed E-state index contributed by atoms with van der Waals surface area (Å²) in [6.07, 6.45) is -2.59. The van der Waals surface area contributed by atoms with E-state index in [1.807, 2.05) is 0 Å². The third-order valence-electron chi connectivity index (χ3n) is 3.43. The Hall–Kier alpha value is -0.990. The average molecular weight is 329 g/mol. The summed E-state index contributed by atoms with van der Waals surface area (Å²) in [6, 6.07) is -0.655. The summed E-state index contributed by atoms with van der Waals surface area (Å²) in [6.45, 7) is 1.54. The molecule has 120 valence electrons. The molecular weight excluding hydrogens is 313 g/mol. The van der Waals surface area contributed by atoms with Crippen LogP contribution in [0.2, 0.25) is 0 Å². The minimum atomic E-state index is -4.54. The standard InChI is InChI=1S/C12H16F5N3S/c1-10(21-2)19-8(12(15,16)17)5-9(20-10)18-7-3-4-11(13,14)6-7/h5,7,19H,3-4,6H2,1-2H3,(H,18,20). The lowest BCUT2D eigenvalue weighted by Gasteiger charge is -2.37. The molecule has 2 atom stereocenters. The normalized spacial score (nSPS) is 34.3. The number of hydrogen-bond donors (Lipinski definition) is 2. The molecule has 0 saturated heterocycles. The molecule has 1 saturated carbocycles. The van der Waals surface area contributed by atoms with Crippen LogP contribution in [0.5, 0.6) is 0 Å². The first-order chi connectivity index (χ1) is 9.53. The van der Waals surface area contributed by atoms with Gasteiger partial charge in [0, 0.05) is 18.9 Å². The van der Waals surface area contributed by atoms with Gasteiger partial charge in [-0.2, -0.15) is 13.2 Å². The van der Waals surface area contributed by atoms with Crippen LogP contribution in [0.4, 0.5) is 22.0 Å². The lowest BCUT2D eigenvalue weighted by molar-refractivity contribution is -0.0986. The lowest BCUT2D eigenvalue weighted by Crippen LogP contribution is -2.58. The fourth-order valence-corrected chi connectivity index (χ4v) is 2.72. The summed E-state index contributed by atoms with van der Waals surface area (Å²) in [7, 11) is 0. The number of allylic oxidation sites excluding steroid dienone is 1. The molecule has 0 aromatic carbocycles. The van der Waals surface area contributed by atoms with E-state index in [4.69, 9.17) is 0 Å². The van der Waals surface area contributed by atoms with Crippen molar-refractivity contribution >= 4 is 17.6 Å². The van der Waals surface area contributed by atoms with Gasteiger partial charge in [-0.3, -0.25) is 4.99 Å². The minimum Gasteiger partial charge on any atom is -0.350 e. The van der Waals surface area contributed by atoms with Crippen molar-refractivity contribution in [3.05, 3.63) is 11.8 Å². The summed E-state index contributed by atoms with van der Waals surface area (Å²) >= 11 is 1.14. The van der Waals surface area contributed by atoms with Crippen molar-refractivity contribution in [2.45, 2.75) is 49.3 Å². The van der Waals surface area contributed by atoms with E-state index in [1.165, 1.54) is 6.92 Å². The number of nitrogens with one attached hydrogen (secondary N) is 2. The maximum atomic E-state index is 13.1. The average Bonchev–Trinajstić information content (AvgIpc) is 2.67. The first kappa shape index (κ1) is 16.4. The number of aliphatic imine (C=N–C) groups is 1. The lowest BCUT2D eigenvalue weighted by atomic mass is 10.2. The van der Waals surface area contributed by atoms with Gasteiger partial charge in [-0.25, -0.2) is 8.78 Å². The monoisotopic (exact) mass is 329 g/mol. The summed E-state index contributed by atoms with van der Waals surface area (Å²) in [5.74, 6) is -2.79. The highest BCUT2D eigenvalue weighted by Crippen LogP contribution is 2.37. The van der Waals surface area contributed by atoms with E-state index in [-0.39, 0.29) is 18.7 Å². The van der Waals surface area contributed by atoms with Gasteiger partial charge in [-0.05, 0) is 19.6 Å². The molecule has 3 nitrogen and oxygen atoms in total. The molecule has 0 aromatic rings. The number of halogens is 5. The molecule has 1 aliphatic carbocycles. The molecule has 2 unspecified atom stereocenters. The van der Waals surface area contributed by atoms with Crippen LogP contribution < -0.4 is 10.6 Å². The predicted molar refractivity (Wildman–Crippen MR) is 72.4 cm³/mol. The van der Waals surface area contributed by atoms with Gasteiger partial charge in [0.15, 0.2) is 4.99 Å². The van der Waals surface area contributed by atoms with E-state index in [1.54, 1.807) is 6.26 Å². The van der Waals surface area contributed by atoms with E-state index in [0.29, 0.717) is 0 Å². The molecule has 0 radical (unpaired) electrons. The summed E-state index contributed by atoms with van der Waals surface area (Å²) in [5.41, 5.74) is -0.929. The Bertz CT molecular complexity index is 474. The van der Waals surface area contributed by atoms with Gasteiger partial charge in [0.1, 0.15) is 11.5 Å². The van der Waals surface area contributed by atoms with Gasteiger partial charge in [-0.1, -0.05) is 0 Å². The van der Waals surface area contributed by atoms with Gasteiger partial charge < -0.3 is 10.6 Å². The van der Waals surface area contributed by atoms with Crippen LogP contribution in [0.3, 0.4) is 0 Å². The molecule has 0 spiro atoms. The second-order valence-electron chi connectivity index (χ2n) is 5.31. The Kier molecular flexibility index (Phi) is 4.16. The number of nitrogens with zero attached hydrogens (tertiary/aromatic N) is 1. The number of thioether (sulfide) groups is 1. The van der Waals surface area contributed by atoms with Crippen molar-refractivity contribution in [3.63, 3.8) is 0 Å². The molecule has 1 heterocycles. The van der Waals surface area contributed by atoms with Crippen LogP contribution in [-0.2, 0) is 0 Å². The molecular formula is C12H16F5N3S. The second kappa shape index (κ2) is 5.33. The minimum absolute atomic E-state index is 0.0133. The van der Waals surface area contributed by atoms with E-state index < -0.39 is 35.3 Å². The van der Waals surface area contributed by atoms with Crippen molar-refractivity contribution in [2.75, 3.05) is 6.26 Å². The second-order valence-corrected chi connectivity index (χ2v) is 6.53. The molecule has 0 bridgehead atoms. The topological polar surface area (TPSA) is 36.4 Å². The number of amidine groups is 1. The van der Waals surface area contributed by atoms with Gasteiger partial charge in [0.05, 0.1) is 6.04 Å². The molecule has 1 aliphatic heterocycles.